The minimum absolute atomic E-state index is 0.156. The summed E-state index contributed by atoms with van der Waals surface area (Å²) >= 11 is 0. The van der Waals surface area contributed by atoms with Crippen LogP contribution in [0.25, 0.3) is 0 Å². The van der Waals surface area contributed by atoms with Gasteiger partial charge < -0.3 is 14.4 Å². The molecule has 2 aliphatic heterocycles. The standard InChI is InChI=1S/C24H22N2O3/c27-24(21(18-6-2-1-3-7-18)11-17-5-4-9-25-14-17)26-10-8-19-12-22-23(29-16-28-22)13-20(19)15-26/h1-7,9,12-14,21H,8,10-11,15-16H2. The van der Waals surface area contributed by atoms with Crippen molar-refractivity contribution in [2.24, 2.45) is 0 Å². The highest BCUT2D eigenvalue weighted by Gasteiger charge is 2.30. The molecule has 1 aromatic heterocycles. The summed E-state index contributed by atoms with van der Waals surface area (Å²) in [5, 5.41) is 0. The van der Waals surface area contributed by atoms with Crippen molar-refractivity contribution in [2.75, 3.05) is 13.3 Å². The van der Waals surface area contributed by atoms with Gasteiger partial charge in [0.2, 0.25) is 12.7 Å². The Kier molecular flexibility index (Phi) is 4.64. The first kappa shape index (κ1) is 17.7. The fraction of sp³-hybridized carbons (Fsp3) is 0.250. The maximum Gasteiger partial charge on any atom is 0.231 e. The third-order valence-corrected chi connectivity index (χ3v) is 5.68. The molecule has 1 atom stereocenters. The minimum atomic E-state index is -0.226. The molecule has 0 saturated carbocycles. The molecular formula is C24H22N2O3. The highest BCUT2D eigenvalue weighted by molar-refractivity contribution is 5.84. The molecule has 0 N–H and O–H groups in total. The van der Waals surface area contributed by atoms with Crippen molar-refractivity contribution in [3.63, 3.8) is 0 Å². The smallest absolute Gasteiger partial charge is 0.231 e. The zero-order chi connectivity index (χ0) is 19.6. The van der Waals surface area contributed by atoms with E-state index in [4.69, 9.17) is 9.47 Å². The second kappa shape index (κ2) is 7.59. The van der Waals surface area contributed by atoms with Crippen LogP contribution in [0.5, 0.6) is 11.5 Å². The molecule has 1 amide bonds. The number of aromatic nitrogens is 1. The van der Waals surface area contributed by atoms with Crippen molar-refractivity contribution in [3.05, 3.63) is 89.2 Å². The van der Waals surface area contributed by atoms with Crippen LogP contribution in [0.2, 0.25) is 0 Å². The summed E-state index contributed by atoms with van der Waals surface area (Å²) in [6.07, 6.45) is 5.07. The van der Waals surface area contributed by atoms with Crippen molar-refractivity contribution < 1.29 is 14.3 Å². The number of hydrogen-bond donors (Lipinski definition) is 0. The quantitative estimate of drug-likeness (QED) is 0.686. The lowest BCUT2D eigenvalue weighted by molar-refractivity contribution is -0.133. The lowest BCUT2D eigenvalue weighted by atomic mass is 9.90. The number of nitrogens with zero attached hydrogens (tertiary/aromatic N) is 2. The number of rotatable bonds is 4. The topological polar surface area (TPSA) is 51.7 Å². The molecule has 29 heavy (non-hydrogen) atoms. The summed E-state index contributed by atoms with van der Waals surface area (Å²) in [5.41, 5.74) is 4.48. The van der Waals surface area contributed by atoms with Gasteiger partial charge in [0.15, 0.2) is 11.5 Å². The van der Waals surface area contributed by atoms with E-state index in [0.29, 0.717) is 19.5 Å². The van der Waals surface area contributed by atoms with Gasteiger partial charge in [-0.1, -0.05) is 36.4 Å². The van der Waals surface area contributed by atoms with E-state index in [1.54, 1.807) is 6.20 Å². The Hall–Kier alpha value is -3.34. The summed E-state index contributed by atoms with van der Waals surface area (Å²) in [5.74, 6) is 1.51. The lowest BCUT2D eigenvalue weighted by Crippen LogP contribution is -2.39. The van der Waals surface area contributed by atoms with Gasteiger partial charge in [0.25, 0.3) is 0 Å². The fourth-order valence-corrected chi connectivity index (χ4v) is 4.14. The predicted octanol–water partition coefficient (Wildman–Crippen LogP) is 3.72. The molecule has 146 valence electrons. The molecule has 3 aromatic rings. The van der Waals surface area contributed by atoms with Crippen LogP contribution in [-0.4, -0.2) is 29.1 Å². The number of fused-ring (bicyclic) bond motifs is 2. The second-order valence-electron chi connectivity index (χ2n) is 7.51. The van der Waals surface area contributed by atoms with Gasteiger partial charge in [-0.25, -0.2) is 0 Å². The average Bonchev–Trinajstić information content (AvgIpc) is 3.23. The molecule has 0 bridgehead atoms. The number of carbonyl (C=O) groups excluding carboxylic acids is 1. The Morgan fingerprint density at radius 3 is 2.59 bits per heavy atom. The van der Waals surface area contributed by atoms with E-state index in [0.717, 1.165) is 34.6 Å². The van der Waals surface area contributed by atoms with Crippen LogP contribution in [0, 0.1) is 0 Å². The molecule has 2 aromatic carbocycles. The first-order chi connectivity index (χ1) is 14.3. The van der Waals surface area contributed by atoms with Crippen molar-refractivity contribution in [2.45, 2.75) is 25.3 Å². The van der Waals surface area contributed by atoms with Crippen LogP contribution < -0.4 is 9.47 Å². The molecule has 2 aliphatic rings. The van der Waals surface area contributed by atoms with E-state index in [2.05, 4.69) is 11.1 Å². The van der Waals surface area contributed by atoms with Gasteiger partial charge in [0, 0.05) is 25.5 Å². The van der Waals surface area contributed by atoms with E-state index in [1.807, 2.05) is 59.6 Å². The van der Waals surface area contributed by atoms with Gasteiger partial charge in [-0.3, -0.25) is 9.78 Å². The Morgan fingerprint density at radius 2 is 1.83 bits per heavy atom. The Bertz CT molecular complexity index is 1020. The maximum atomic E-state index is 13.6. The number of hydrogen-bond acceptors (Lipinski definition) is 4. The van der Waals surface area contributed by atoms with Gasteiger partial charge in [0.05, 0.1) is 5.92 Å². The van der Waals surface area contributed by atoms with E-state index in [9.17, 15) is 4.79 Å². The van der Waals surface area contributed by atoms with Crippen LogP contribution in [0.4, 0.5) is 0 Å². The van der Waals surface area contributed by atoms with Crippen LogP contribution in [0.1, 0.15) is 28.2 Å². The number of amides is 1. The second-order valence-corrected chi connectivity index (χ2v) is 7.51. The number of pyridine rings is 1. The van der Waals surface area contributed by atoms with Gasteiger partial charge in [-0.15, -0.1) is 0 Å². The molecule has 0 fully saturated rings. The van der Waals surface area contributed by atoms with E-state index in [1.165, 1.54) is 5.56 Å². The molecule has 0 radical (unpaired) electrons. The first-order valence-electron chi connectivity index (χ1n) is 9.92. The lowest BCUT2D eigenvalue weighted by Gasteiger charge is -2.32. The third kappa shape index (κ3) is 3.56. The van der Waals surface area contributed by atoms with E-state index < -0.39 is 0 Å². The molecule has 0 spiro atoms. The van der Waals surface area contributed by atoms with Gasteiger partial charge in [-0.05, 0) is 53.3 Å². The monoisotopic (exact) mass is 386 g/mol. The highest BCUT2D eigenvalue weighted by atomic mass is 16.7. The molecule has 5 heteroatoms. The van der Waals surface area contributed by atoms with Crippen LogP contribution >= 0.6 is 0 Å². The molecular weight excluding hydrogens is 364 g/mol. The van der Waals surface area contributed by atoms with E-state index >= 15 is 0 Å². The molecule has 3 heterocycles. The summed E-state index contributed by atoms with van der Waals surface area (Å²) in [6.45, 7) is 1.57. The van der Waals surface area contributed by atoms with Crippen LogP contribution in [0.15, 0.2) is 67.0 Å². The van der Waals surface area contributed by atoms with E-state index in [-0.39, 0.29) is 18.6 Å². The number of benzene rings is 2. The summed E-state index contributed by atoms with van der Waals surface area (Å²) in [4.78, 5) is 19.8. The molecule has 0 aliphatic carbocycles. The van der Waals surface area contributed by atoms with Gasteiger partial charge >= 0.3 is 0 Å². The highest BCUT2D eigenvalue weighted by Crippen LogP contribution is 2.37. The predicted molar refractivity (Wildman–Crippen MR) is 109 cm³/mol. The fourth-order valence-electron chi connectivity index (χ4n) is 4.14. The Labute approximate surface area is 169 Å². The Balaban J connectivity index is 1.42. The maximum absolute atomic E-state index is 13.6. The van der Waals surface area contributed by atoms with Crippen molar-refractivity contribution in [1.82, 2.24) is 9.88 Å². The average molecular weight is 386 g/mol. The third-order valence-electron chi connectivity index (χ3n) is 5.68. The zero-order valence-corrected chi connectivity index (χ0v) is 16.1. The van der Waals surface area contributed by atoms with Crippen LogP contribution in [-0.2, 0) is 24.2 Å². The number of ether oxygens (including phenoxy) is 2. The minimum Gasteiger partial charge on any atom is -0.454 e. The largest absolute Gasteiger partial charge is 0.454 e. The van der Waals surface area contributed by atoms with Crippen molar-refractivity contribution in [1.29, 1.82) is 0 Å². The van der Waals surface area contributed by atoms with Crippen LogP contribution in [0.3, 0.4) is 0 Å². The molecule has 0 saturated heterocycles. The summed E-state index contributed by atoms with van der Waals surface area (Å²) < 4.78 is 11.0. The van der Waals surface area contributed by atoms with Crippen molar-refractivity contribution in [3.8, 4) is 11.5 Å². The SMILES string of the molecule is O=C(C(Cc1cccnc1)c1ccccc1)N1CCc2cc3c(cc2C1)OCO3. The molecule has 1 unspecified atom stereocenters. The molecule has 5 nitrogen and oxygen atoms in total. The normalized spacial score (nSPS) is 15.7. The Morgan fingerprint density at radius 1 is 1.03 bits per heavy atom. The van der Waals surface area contributed by atoms with Crippen molar-refractivity contribution >= 4 is 5.91 Å². The summed E-state index contributed by atoms with van der Waals surface area (Å²) in [6, 6.07) is 18.1. The zero-order valence-electron chi connectivity index (χ0n) is 16.1. The van der Waals surface area contributed by atoms with Gasteiger partial charge in [0.1, 0.15) is 0 Å². The van der Waals surface area contributed by atoms with Gasteiger partial charge in [-0.2, -0.15) is 0 Å². The summed E-state index contributed by atoms with van der Waals surface area (Å²) in [7, 11) is 0. The first-order valence-corrected chi connectivity index (χ1v) is 9.92. The molecule has 5 rings (SSSR count). The number of carbonyl (C=O) groups is 1.